The van der Waals surface area contributed by atoms with E-state index in [0.29, 0.717) is 10.2 Å². The second-order valence-corrected chi connectivity index (χ2v) is 5.68. The number of aryl methyl sites for hydroxylation is 1. The number of aliphatic hydroxyl groups is 1. The predicted molar refractivity (Wildman–Crippen MR) is 93.4 cm³/mol. The number of aliphatic hydroxyl groups excluding tert-OH is 1. The van der Waals surface area contributed by atoms with E-state index in [0.717, 1.165) is 0 Å². The van der Waals surface area contributed by atoms with Crippen LogP contribution in [0.1, 0.15) is 54.2 Å². The molecular weight excluding hydrogens is 379 g/mol. The number of carbonyl (C=O) groups excluding carboxylic acids is 1. The Hall–Kier alpha value is -1.73. The first-order valence-corrected chi connectivity index (χ1v) is 8.49. The van der Waals surface area contributed by atoms with Gasteiger partial charge in [0.25, 0.3) is 0 Å². The van der Waals surface area contributed by atoms with Crippen LogP contribution in [0.15, 0.2) is 22.7 Å². The van der Waals surface area contributed by atoms with Crippen LogP contribution in [-0.4, -0.2) is 27.5 Å². The number of ether oxygens (including phenoxy) is 1. The van der Waals surface area contributed by atoms with Crippen molar-refractivity contribution in [3.05, 3.63) is 51.0 Å². The Kier molecular flexibility index (Phi) is 7.57. The minimum Gasteiger partial charge on any atom is -0.461 e. The van der Waals surface area contributed by atoms with Crippen LogP contribution < -0.4 is 0 Å². The third-order valence-electron chi connectivity index (χ3n) is 3.38. The van der Waals surface area contributed by atoms with E-state index in [9.17, 15) is 14.3 Å². The van der Waals surface area contributed by atoms with Crippen molar-refractivity contribution in [1.29, 1.82) is 0 Å². The molecule has 0 radical (unpaired) electrons. The number of carbonyl (C=O) groups is 1. The SMILES string of the molecule is CC.CCOC(=O)c1nn(C)c(C)c1C(O)c1ccc(Br)cc1F. The zero-order valence-corrected chi connectivity index (χ0v) is 16.0. The molecule has 0 aliphatic carbocycles. The van der Waals surface area contributed by atoms with Crippen molar-refractivity contribution in [3.8, 4) is 0 Å². The maximum atomic E-state index is 14.1. The lowest BCUT2D eigenvalue weighted by Crippen LogP contribution is -2.12. The lowest BCUT2D eigenvalue weighted by molar-refractivity contribution is 0.0513. The zero-order valence-electron chi connectivity index (χ0n) is 14.4. The highest BCUT2D eigenvalue weighted by Crippen LogP contribution is 2.30. The van der Waals surface area contributed by atoms with Crippen LogP contribution in [0.2, 0.25) is 0 Å². The molecule has 24 heavy (non-hydrogen) atoms. The summed E-state index contributed by atoms with van der Waals surface area (Å²) in [5.41, 5.74) is 0.890. The van der Waals surface area contributed by atoms with Gasteiger partial charge in [-0.1, -0.05) is 35.8 Å². The lowest BCUT2D eigenvalue weighted by Gasteiger charge is -2.13. The van der Waals surface area contributed by atoms with E-state index in [4.69, 9.17) is 4.74 Å². The summed E-state index contributed by atoms with van der Waals surface area (Å²) in [7, 11) is 1.65. The molecule has 7 heteroatoms. The number of nitrogens with zero attached hydrogens (tertiary/aromatic N) is 2. The van der Waals surface area contributed by atoms with E-state index in [1.165, 1.54) is 16.8 Å². The van der Waals surface area contributed by atoms with Crippen LogP contribution in [0.3, 0.4) is 0 Å². The molecule has 0 bridgehead atoms. The van der Waals surface area contributed by atoms with Crippen molar-refractivity contribution in [2.24, 2.45) is 7.05 Å². The summed E-state index contributed by atoms with van der Waals surface area (Å²) in [6, 6.07) is 4.34. The van der Waals surface area contributed by atoms with Crippen LogP contribution in [0.5, 0.6) is 0 Å². The molecule has 1 unspecified atom stereocenters. The number of hydrogen-bond acceptors (Lipinski definition) is 4. The highest BCUT2D eigenvalue weighted by atomic mass is 79.9. The van der Waals surface area contributed by atoms with Crippen LogP contribution in [0.4, 0.5) is 4.39 Å². The first-order valence-electron chi connectivity index (χ1n) is 7.70. The third-order valence-corrected chi connectivity index (χ3v) is 3.87. The molecule has 0 amide bonds. The fourth-order valence-electron chi connectivity index (χ4n) is 2.18. The van der Waals surface area contributed by atoms with Gasteiger partial charge in [0.15, 0.2) is 5.69 Å². The van der Waals surface area contributed by atoms with Crippen LogP contribution >= 0.6 is 15.9 Å². The molecule has 0 aliphatic rings. The fraction of sp³-hybridized carbons (Fsp3) is 0.412. The summed E-state index contributed by atoms with van der Waals surface area (Å²) >= 11 is 3.17. The number of hydrogen-bond donors (Lipinski definition) is 1. The van der Waals surface area contributed by atoms with Gasteiger partial charge < -0.3 is 9.84 Å². The Morgan fingerprint density at radius 3 is 2.62 bits per heavy atom. The van der Waals surface area contributed by atoms with E-state index in [2.05, 4.69) is 21.0 Å². The molecule has 0 spiro atoms. The van der Waals surface area contributed by atoms with Crippen molar-refractivity contribution in [2.45, 2.75) is 33.8 Å². The first kappa shape index (κ1) is 20.3. The predicted octanol–water partition coefficient (Wildman–Crippen LogP) is 3.91. The summed E-state index contributed by atoms with van der Waals surface area (Å²) < 4.78 is 21.0. The van der Waals surface area contributed by atoms with Crippen molar-refractivity contribution < 1.29 is 19.0 Å². The van der Waals surface area contributed by atoms with Crippen LogP contribution in [0, 0.1) is 12.7 Å². The monoisotopic (exact) mass is 400 g/mol. The lowest BCUT2D eigenvalue weighted by atomic mass is 9.99. The van der Waals surface area contributed by atoms with E-state index in [1.807, 2.05) is 13.8 Å². The second-order valence-electron chi connectivity index (χ2n) is 4.76. The minimum absolute atomic E-state index is 0.00308. The van der Waals surface area contributed by atoms with Crippen molar-refractivity contribution >= 4 is 21.9 Å². The zero-order chi connectivity index (χ0) is 18.4. The van der Waals surface area contributed by atoms with Gasteiger partial charge in [-0.3, -0.25) is 4.68 Å². The standard InChI is InChI=1S/C15H16BrFN2O3.C2H6/c1-4-22-15(21)13-12(8(2)19(3)18-13)14(20)10-6-5-9(16)7-11(10)17;1-2/h5-7,14,20H,4H2,1-3H3;1-2H3. The smallest absolute Gasteiger partial charge is 0.359 e. The molecule has 1 atom stereocenters. The van der Waals surface area contributed by atoms with Gasteiger partial charge in [-0.2, -0.15) is 5.10 Å². The summed E-state index contributed by atoms with van der Waals surface area (Å²) in [4.78, 5) is 12.0. The van der Waals surface area contributed by atoms with Gasteiger partial charge in [0, 0.05) is 28.3 Å². The molecule has 1 aromatic carbocycles. The molecule has 2 rings (SSSR count). The maximum Gasteiger partial charge on any atom is 0.359 e. The maximum absolute atomic E-state index is 14.1. The van der Waals surface area contributed by atoms with Crippen molar-refractivity contribution in [3.63, 3.8) is 0 Å². The molecule has 1 heterocycles. The quantitative estimate of drug-likeness (QED) is 0.789. The highest BCUT2D eigenvalue weighted by molar-refractivity contribution is 9.10. The second kappa shape index (κ2) is 8.94. The van der Waals surface area contributed by atoms with Gasteiger partial charge in [0.2, 0.25) is 0 Å². The van der Waals surface area contributed by atoms with E-state index >= 15 is 0 Å². The van der Waals surface area contributed by atoms with E-state index in [1.54, 1.807) is 27.0 Å². The average Bonchev–Trinajstić information content (AvgIpc) is 2.85. The number of benzene rings is 1. The molecule has 5 nitrogen and oxygen atoms in total. The Labute approximate surface area is 149 Å². The summed E-state index contributed by atoms with van der Waals surface area (Å²) in [5.74, 6) is -1.21. The average molecular weight is 401 g/mol. The van der Waals surface area contributed by atoms with Crippen LogP contribution in [-0.2, 0) is 11.8 Å². The third kappa shape index (κ3) is 4.21. The van der Waals surface area contributed by atoms with E-state index < -0.39 is 17.9 Å². The van der Waals surface area contributed by atoms with Gasteiger partial charge in [0.05, 0.1) is 6.61 Å². The van der Waals surface area contributed by atoms with Crippen molar-refractivity contribution in [1.82, 2.24) is 9.78 Å². The topological polar surface area (TPSA) is 64.3 Å². The highest BCUT2D eigenvalue weighted by Gasteiger charge is 2.28. The number of halogens is 2. The van der Waals surface area contributed by atoms with Gasteiger partial charge in [-0.25, -0.2) is 9.18 Å². The Morgan fingerprint density at radius 2 is 2.08 bits per heavy atom. The number of aromatic nitrogens is 2. The molecular formula is C17H22BrFN2O3. The number of rotatable bonds is 4. The Morgan fingerprint density at radius 1 is 1.46 bits per heavy atom. The molecule has 0 saturated carbocycles. The largest absolute Gasteiger partial charge is 0.461 e. The fourth-order valence-corrected chi connectivity index (χ4v) is 2.51. The molecule has 1 aromatic heterocycles. The normalized spacial score (nSPS) is 11.5. The Balaban J connectivity index is 0.00000139. The summed E-state index contributed by atoms with van der Waals surface area (Å²) in [5, 5.41) is 14.6. The number of esters is 1. The molecule has 2 aromatic rings. The summed E-state index contributed by atoms with van der Waals surface area (Å²) in [6.07, 6.45) is -1.30. The van der Waals surface area contributed by atoms with Gasteiger partial charge >= 0.3 is 5.97 Å². The minimum atomic E-state index is -1.30. The molecule has 0 saturated heterocycles. The van der Waals surface area contributed by atoms with Gasteiger partial charge in [-0.15, -0.1) is 0 Å². The molecule has 0 aliphatic heterocycles. The van der Waals surface area contributed by atoms with Gasteiger partial charge in [0.1, 0.15) is 11.9 Å². The molecule has 1 N–H and O–H groups in total. The first-order chi connectivity index (χ1) is 11.4. The van der Waals surface area contributed by atoms with E-state index in [-0.39, 0.29) is 23.4 Å². The van der Waals surface area contributed by atoms with Crippen molar-refractivity contribution in [2.75, 3.05) is 6.61 Å². The molecule has 132 valence electrons. The molecule has 0 fully saturated rings. The Bertz CT molecular complexity index is 716. The van der Waals surface area contributed by atoms with Gasteiger partial charge in [-0.05, 0) is 26.0 Å². The summed E-state index contributed by atoms with van der Waals surface area (Å²) in [6.45, 7) is 7.57. The van der Waals surface area contributed by atoms with Crippen LogP contribution in [0.25, 0.3) is 0 Å².